The van der Waals surface area contributed by atoms with Gasteiger partial charge in [0.2, 0.25) is 5.78 Å². The number of halogens is 1. The van der Waals surface area contributed by atoms with Gasteiger partial charge in [0.05, 0.1) is 8.66 Å². The monoisotopic (exact) mass is 367 g/mol. The van der Waals surface area contributed by atoms with Crippen LogP contribution in [-0.2, 0) is 0 Å². The third kappa shape index (κ3) is 4.32. The fraction of sp³-hybridized carbons (Fsp3) is 0.312. The quantitative estimate of drug-likeness (QED) is 0.668. The van der Waals surface area contributed by atoms with Crippen LogP contribution in [0.15, 0.2) is 40.2 Å². The minimum absolute atomic E-state index is 0.000979. The van der Waals surface area contributed by atoms with Gasteiger partial charge in [-0.3, -0.25) is 4.79 Å². The first-order valence-corrected chi connectivity index (χ1v) is 8.51. The first kappa shape index (κ1) is 16.0. The Balaban J connectivity index is 2.00. The number of thiophene rings is 1. The van der Waals surface area contributed by atoms with Crippen LogP contribution < -0.4 is 9.64 Å². The largest absolute Gasteiger partial charge is 0.485 e. The van der Waals surface area contributed by atoms with Crippen LogP contribution in [0.3, 0.4) is 0 Å². The molecule has 1 aromatic carbocycles. The SMILES string of the molecule is CCN(CC)c1cccc(OCC(=O)c2ccc(Br)s2)c1. The molecule has 0 radical (unpaired) electrons. The second-order valence-electron chi connectivity index (χ2n) is 4.49. The molecule has 0 saturated heterocycles. The summed E-state index contributed by atoms with van der Waals surface area (Å²) in [6, 6.07) is 11.5. The summed E-state index contributed by atoms with van der Waals surface area (Å²) in [7, 11) is 0. The standard InChI is InChI=1S/C16H18BrNO2S/c1-3-18(4-2)12-6-5-7-13(10-12)20-11-14(19)15-8-9-16(17)21-15/h5-10H,3-4,11H2,1-2H3. The Morgan fingerprint density at radius 1 is 1.24 bits per heavy atom. The Morgan fingerprint density at radius 3 is 2.62 bits per heavy atom. The summed E-state index contributed by atoms with van der Waals surface area (Å²) in [5.41, 5.74) is 1.11. The van der Waals surface area contributed by atoms with Crippen molar-refractivity contribution >= 4 is 38.7 Å². The number of carbonyl (C=O) groups excluding carboxylic acids is 1. The van der Waals surface area contributed by atoms with E-state index in [9.17, 15) is 4.79 Å². The van der Waals surface area contributed by atoms with Gasteiger partial charge < -0.3 is 9.64 Å². The van der Waals surface area contributed by atoms with E-state index < -0.39 is 0 Å². The van der Waals surface area contributed by atoms with Gasteiger partial charge in [-0.25, -0.2) is 0 Å². The van der Waals surface area contributed by atoms with Gasteiger partial charge in [-0.2, -0.15) is 0 Å². The first-order valence-electron chi connectivity index (χ1n) is 6.90. The predicted octanol–water partition coefficient (Wildman–Crippen LogP) is 4.62. The fourth-order valence-electron chi connectivity index (χ4n) is 2.04. The molecule has 0 spiro atoms. The molecule has 0 unspecified atom stereocenters. The second-order valence-corrected chi connectivity index (χ2v) is 6.95. The van der Waals surface area contributed by atoms with Crippen molar-refractivity contribution in [3.63, 3.8) is 0 Å². The van der Waals surface area contributed by atoms with Gasteiger partial charge >= 0.3 is 0 Å². The van der Waals surface area contributed by atoms with Crippen LogP contribution in [0.2, 0.25) is 0 Å². The number of rotatable bonds is 7. The second kappa shape index (κ2) is 7.61. The van der Waals surface area contributed by atoms with Gasteiger partial charge in [0.1, 0.15) is 5.75 Å². The summed E-state index contributed by atoms with van der Waals surface area (Å²) in [5, 5.41) is 0. The molecule has 1 heterocycles. The van der Waals surface area contributed by atoms with Gasteiger partial charge in [0.25, 0.3) is 0 Å². The van der Waals surface area contributed by atoms with Crippen molar-refractivity contribution < 1.29 is 9.53 Å². The highest BCUT2D eigenvalue weighted by Gasteiger charge is 2.10. The summed E-state index contributed by atoms with van der Waals surface area (Å²) in [4.78, 5) is 15.0. The van der Waals surface area contributed by atoms with Crippen molar-refractivity contribution in [3.8, 4) is 5.75 Å². The molecule has 1 aromatic heterocycles. The number of hydrogen-bond donors (Lipinski definition) is 0. The Kier molecular flexibility index (Phi) is 5.82. The number of ketones is 1. The maximum atomic E-state index is 12.0. The van der Waals surface area contributed by atoms with Crippen LogP contribution in [-0.4, -0.2) is 25.5 Å². The molecular formula is C16H18BrNO2S. The number of anilines is 1. The average Bonchev–Trinajstić information content (AvgIpc) is 2.93. The van der Waals surface area contributed by atoms with Crippen LogP contribution in [0.5, 0.6) is 5.75 Å². The lowest BCUT2D eigenvalue weighted by Crippen LogP contribution is -2.21. The van der Waals surface area contributed by atoms with E-state index in [1.165, 1.54) is 11.3 Å². The minimum Gasteiger partial charge on any atom is -0.485 e. The van der Waals surface area contributed by atoms with E-state index in [4.69, 9.17) is 4.74 Å². The zero-order chi connectivity index (χ0) is 15.2. The summed E-state index contributed by atoms with van der Waals surface area (Å²) >= 11 is 4.78. The highest BCUT2D eigenvalue weighted by atomic mass is 79.9. The Hall–Kier alpha value is -1.33. The molecule has 0 aliphatic carbocycles. The number of ether oxygens (including phenoxy) is 1. The van der Waals surface area contributed by atoms with Crippen LogP contribution in [0.25, 0.3) is 0 Å². The number of nitrogens with zero attached hydrogens (tertiary/aromatic N) is 1. The van der Waals surface area contributed by atoms with E-state index in [0.717, 1.165) is 28.3 Å². The molecule has 0 atom stereocenters. The molecule has 21 heavy (non-hydrogen) atoms. The van der Waals surface area contributed by atoms with E-state index in [1.54, 1.807) is 0 Å². The van der Waals surface area contributed by atoms with Crippen molar-refractivity contribution in [3.05, 3.63) is 45.1 Å². The molecule has 2 aromatic rings. The van der Waals surface area contributed by atoms with Crippen molar-refractivity contribution in [2.24, 2.45) is 0 Å². The molecule has 0 saturated carbocycles. The Bertz CT molecular complexity index is 608. The maximum Gasteiger partial charge on any atom is 0.210 e. The summed E-state index contributed by atoms with van der Waals surface area (Å²) in [6.45, 7) is 6.20. The lowest BCUT2D eigenvalue weighted by Gasteiger charge is -2.21. The van der Waals surface area contributed by atoms with Crippen LogP contribution in [0, 0.1) is 0 Å². The molecule has 0 amide bonds. The number of benzene rings is 1. The zero-order valence-corrected chi connectivity index (χ0v) is 14.5. The molecule has 0 aliphatic rings. The third-order valence-electron chi connectivity index (χ3n) is 3.16. The predicted molar refractivity (Wildman–Crippen MR) is 91.8 cm³/mol. The van der Waals surface area contributed by atoms with E-state index in [1.807, 2.05) is 30.3 Å². The fourth-order valence-corrected chi connectivity index (χ4v) is 3.35. The molecular weight excluding hydrogens is 350 g/mol. The lowest BCUT2D eigenvalue weighted by atomic mass is 10.2. The van der Waals surface area contributed by atoms with E-state index in [2.05, 4.69) is 40.7 Å². The van der Waals surface area contributed by atoms with Gasteiger partial charge in [0.15, 0.2) is 6.61 Å². The van der Waals surface area contributed by atoms with Gasteiger partial charge in [-0.1, -0.05) is 6.07 Å². The summed E-state index contributed by atoms with van der Waals surface area (Å²) < 4.78 is 6.58. The third-order valence-corrected chi connectivity index (χ3v) is 4.83. The Labute approximate surface area is 137 Å². The van der Waals surface area contributed by atoms with Crippen molar-refractivity contribution in [2.75, 3.05) is 24.6 Å². The van der Waals surface area contributed by atoms with Crippen molar-refractivity contribution in [1.29, 1.82) is 0 Å². The topological polar surface area (TPSA) is 29.5 Å². The molecule has 0 aliphatic heterocycles. The lowest BCUT2D eigenvalue weighted by molar-refractivity contribution is 0.0925. The molecule has 3 nitrogen and oxygen atoms in total. The smallest absolute Gasteiger partial charge is 0.210 e. The number of carbonyl (C=O) groups is 1. The van der Waals surface area contributed by atoms with Gasteiger partial charge in [-0.05, 0) is 54.0 Å². The maximum absolute atomic E-state index is 12.0. The van der Waals surface area contributed by atoms with Gasteiger partial charge in [0, 0.05) is 24.8 Å². The van der Waals surface area contributed by atoms with Crippen molar-refractivity contribution in [1.82, 2.24) is 0 Å². The summed E-state index contributed by atoms with van der Waals surface area (Å²) in [6.07, 6.45) is 0. The first-order chi connectivity index (χ1) is 10.1. The highest BCUT2D eigenvalue weighted by Crippen LogP contribution is 2.24. The average molecular weight is 368 g/mol. The van der Waals surface area contributed by atoms with Crippen molar-refractivity contribution in [2.45, 2.75) is 13.8 Å². The highest BCUT2D eigenvalue weighted by molar-refractivity contribution is 9.11. The van der Waals surface area contributed by atoms with Crippen LogP contribution in [0.1, 0.15) is 23.5 Å². The summed E-state index contributed by atoms with van der Waals surface area (Å²) in [5.74, 6) is 0.724. The van der Waals surface area contributed by atoms with Crippen LogP contribution in [0.4, 0.5) is 5.69 Å². The number of Topliss-reactive ketones (excluding diaryl/α,β-unsaturated/α-hetero) is 1. The normalized spacial score (nSPS) is 10.4. The molecule has 2 rings (SSSR count). The van der Waals surface area contributed by atoms with E-state index in [-0.39, 0.29) is 12.4 Å². The van der Waals surface area contributed by atoms with E-state index >= 15 is 0 Å². The molecule has 5 heteroatoms. The van der Waals surface area contributed by atoms with E-state index in [0.29, 0.717) is 4.88 Å². The molecule has 112 valence electrons. The Morgan fingerprint density at radius 2 is 2.00 bits per heavy atom. The van der Waals surface area contributed by atoms with Gasteiger partial charge in [-0.15, -0.1) is 11.3 Å². The number of hydrogen-bond acceptors (Lipinski definition) is 4. The molecule has 0 fully saturated rings. The molecule has 0 N–H and O–H groups in total. The molecule has 0 bridgehead atoms. The van der Waals surface area contributed by atoms with Crippen LogP contribution >= 0.6 is 27.3 Å². The zero-order valence-electron chi connectivity index (χ0n) is 12.1. The minimum atomic E-state index is -0.000979.